The lowest BCUT2D eigenvalue weighted by Gasteiger charge is -2.04. The minimum absolute atomic E-state index is 0.447. The van der Waals surface area contributed by atoms with E-state index in [4.69, 9.17) is 0 Å². The third-order valence-corrected chi connectivity index (χ3v) is 6.89. The van der Waals surface area contributed by atoms with Crippen LogP contribution in [0.1, 0.15) is 55.9 Å². The van der Waals surface area contributed by atoms with Gasteiger partial charge >= 0.3 is 0 Å². The van der Waals surface area contributed by atoms with Crippen molar-refractivity contribution in [2.45, 2.75) is 69.2 Å². The topological polar surface area (TPSA) is 58.2 Å². The number of rotatable bonds is 10. The van der Waals surface area contributed by atoms with E-state index in [9.17, 15) is 8.42 Å². The Labute approximate surface area is 132 Å². The summed E-state index contributed by atoms with van der Waals surface area (Å²) in [6.45, 7) is 5.46. The highest BCUT2D eigenvalue weighted by Gasteiger charge is 2.22. The molecule has 120 valence electrons. The Morgan fingerprint density at radius 3 is 2.71 bits per heavy atom. The maximum absolute atomic E-state index is 12.3. The van der Waals surface area contributed by atoms with E-state index in [1.54, 1.807) is 6.07 Å². The molecular weight excluding hydrogens is 304 g/mol. The maximum Gasteiger partial charge on any atom is 0.250 e. The van der Waals surface area contributed by atoms with Crippen LogP contribution >= 0.6 is 11.3 Å². The van der Waals surface area contributed by atoms with Gasteiger partial charge in [-0.25, -0.2) is 13.1 Å². The molecule has 0 atom stereocenters. The van der Waals surface area contributed by atoms with Crippen molar-refractivity contribution in [1.29, 1.82) is 0 Å². The molecule has 1 heterocycles. The van der Waals surface area contributed by atoms with E-state index in [0.29, 0.717) is 16.8 Å². The second kappa shape index (κ2) is 7.72. The summed E-state index contributed by atoms with van der Waals surface area (Å²) in [7, 11) is -3.33. The van der Waals surface area contributed by atoms with Crippen molar-refractivity contribution < 1.29 is 8.42 Å². The van der Waals surface area contributed by atoms with Crippen LogP contribution in [0.4, 0.5) is 0 Å². The summed E-state index contributed by atoms with van der Waals surface area (Å²) in [4.78, 5) is 1.13. The predicted octanol–water partition coefficient (Wildman–Crippen LogP) is 3.17. The average Bonchev–Trinajstić information content (AvgIpc) is 3.19. The van der Waals surface area contributed by atoms with Crippen LogP contribution in [0, 0.1) is 6.92 Å². The van der Waals surface area contributed by atoms with Crippen LogP contribution in [0.5, 0.6) is 0 Å². The lowest BCUT2D eigenvalue weighted by atomic mass is 10.2. The van der Waals surface area contributed by atoms with Crippen molar-refractivity contribution in [2.24, 2.45) is 0 Å². The summed E-state index contributed by atoms with van der Waals surface area (Å²) < 4.78 is 27.7. The standard InChI is InChI=1S/C15H26N2O2S2/c1-3-4-5-6-9-17-21(18,19)15-10-12(2)14(20-15)11-16-13-7-8-13/h10,13,16-17H,3-9,11H2,1-2H3. The molecule has 1 aliphatic carbocycles. The number of thiophene rings is 1. The van der Waals surface area contributed by atoms with E-state index in [1.807, 2.05) is 6.92 Å². The lowest BCUT2D eigenvalue weighted by Crippen LogP contribution is -2.24. The molecule has 4 nitrogen and oxygen atoms in total. The first-order chi connectivity index (χ1) is 10.0. The van der Waals surface area contributed by atoms with E-state index in [-0.39, 0.29) is 0 Å². The second-order valence-electron chi connectivity index (χ2n) is 5.79. The molecule has 2 rings (SSSR count). The number of unbranched alkanes of at least 4 members (excludes halogenated alkanes) is 3. The third-order valence-electron chi connectivity index (χ3n) is 3.71. The molecule has 2 N–H and O–H groups in total. The average molecular weight is 331 g/mol. The van der Waals surface area contributed by atoms with Crippen LogP contribution in [-0.2, 0) is 16.6 Å². The largest absolute Gasteiger partial charge is 0.309 e. The van der Waals surface area contributed by atoms with Crippen LogP contribution in [-0.4, -0.2) is 21.0 Å². The van der Waals surface area contributed by atoms with Crippen molar-refractivity contribution in [3.63, 3.8) is 0 Å². The minimum atomic E-state index is -3.33. The molecule has 0 amide bonds. The van der Waals surface area contributed by atoms with Crippen molar-refractivity contribution >= 4 is 21.4 Å². The van der Waals surface area contributed by atoms with Gasteiger partial charge < -0.3 is 5.32 Å². The van der Waals surface area contributed by atoms with Gasteiger partial charge in [0.1, 0.15) is 4.21 Å². The number of sulfonamides is 1. The Balaban J connectivity index is 1.87. The Bertz CT molecular complexity index is 548. The zero-order valence-electron chi connectivity index (χ0n) is 12.9. The SMILES string of the molecule is CCCCCCNS(=O)(=O)c1cc(C)c(CNC2CC2)s1. The lowest BCUT2D eigenvalue weighted by molar-refractivity contribution is 0.575. The van der Waals surface area contributed by atoms with Gasteiger partial charge in [0.15, 0.2) is 0 Å². The third kappa shape index (κ3) is 5.36. The van der Waals surface area contributed by atoms with Crippen LogP contribution in [0.15, 0.2) is 10.3 Å². The van der Waals surface area contributed by atoms with Gasteiger partial charge in [-0.1, -0.05) is 26.2 Å². The minimum Gasteiger partial charge on any atom is -0.309 e. The molecule has 0 aliphatic heterocycles. The molecule has 0 aromatic carbocycles. The second-order valence-corrected chi connectivity index (χ2v) is 8.92. The summed E-state index contributed by atoms with van der Waals surface area (Å²) in [5.41, 5.74) is 1.07. The molecule has 1 saturated carbocycles. The quantitative estimate of drug-likeness (QED) is 0.648. The fourth-order valence-corrected chi connectivity index (χ4v) is 4.81. The first-order valence-corrected chi connectivity index (χ1v) is 10.1. The molecular formula is C15H26N2O2S2. The molecule has 0 spiro atoms. The van der Waals surface area contributed by atoms with Crippen LogP contribution < -0.4 is 10.0 Å². The molecule has 1 aliphatic rings. The fourth-order valence-electron chi connectivity index (χ4n) is 2.15. The van der Waals surface area contributed by atoms with Crippen molar-refractivity contribution in [3.05, 3.63) is 16.5 Å². The molecule has 0 radical (unpaired) electrons. The van der Waals surface area contributed by atoms with Crippen LogP contribution in [0.25, 0.3) is 0 Å². The van der Waals surface area contributed by atoms with E-state index in [2.05, 4.69) is 17.0 Å². The maximum atomic E-state index is 12.3. The Morgan fingerprint density at radius 1 is 1.29 bits per heavy atom. The van der Waals surface area contributed by atoms with Crippen molar-refractivity contribution in [1.82, 2.24) is 10.0 Å². The highest BCUT2D eigenvalue weighted by molar-refractivity contribution is 7.91. The van der Waals surface area contributed by atoms with E-state index in [0.717, 1.165) is 42.7 Å². The smallest absolute Gasteiger partial charge is 0.250 e. The molecule has 6 heteroatoms. The molecule has 0 bridgehead atoms. The summed E-state index contributed by atoms with van der Waals surface area (Å²) in [5.74, 6) is 0. The molecule has 1 fully saturated rings. The van der Waals surface area contributed by atoms with Gasteiger partial charge in [-0.2, -0.15) is 0 Å². The molecule has 0 unspecified atom stereocenters. The van der Waals surface area contributed by atoms with Gasteiger partial charge in [-0.3, -0.25) is 0 Å². The zero-order chi connectivity index (χ0) is 15.3. The highest BCUT2D eigenvalue weighted by atomic mass is 32.2. The molecule has 1 aromatic rings. The van der Waals surface area contributed by atoms with E-state index in [1.165, 1.54) is 24.2 Å². The normalized spacial score (nSPS) is 15.5. The van der Waals surface area contributed by atoms with Crippen molar-refractivity contribution in [3.8, 4) is 0 Å². The van der Waals surface area contributed by atoms with Gasteiger partial charge in [0.25, 0.3) is 0 Å². The van der Waals surface area contributed by atoms with Crippen LogP contribution in [0.2, 0.25) is 0 Å². The first kappa shape index (κ1) is 16.9. The van der Waals surface area contributed by atoms with E-state index < -0.39 is 10.0 Å². The fraction of sp³-hybridized carbons (Fsp3) is 0.733. The number of nitrogens with one attached hydrogen (secondary N) is 2. The Morgan fingerprint density at radius 2 is 2.05 bits per heavy atom. The summed E-state index contributed by atoms with van der Waals surface area (Å²) in [5, 5.41) is 3.44. The Hall–Kier alpha value is -0.430. The summed E-state index contributed by atoms with van der Waals surface area (Å²) >= 11 is 1.39. The number of hydrogen-bond acceptors (Lipinski definition) is 4. The number of hydrogen-bond donors (Lipinski definition) is 2. The van der Waals surface area contributed by atoms with Gasteiger partial charge in [0.05, 0.1) is 0 Å². The predicted molar refractivity (Wildman–Crippen MR) is 88.2 cm³/mol. The molecule has 0 saturated heterocycles. The first-order valence-electron chi connectivity index (χ1n) is 7.85. The highest BCUT2D eigenvalue weighted by Crippen LogP contribution is 2.27. The van der Waals surface area contributed by atoms with E-state index >= 15 is 0 Å². The number of aryl methyl sites for hydroxylation is 1. The van der Waals surface area contributed by atoms with Gasteiger partial charge in [-0.15, -0.1) is 11.3 Å². The van der Waals surface area contributed by atoms with Crippen LogP contribution in [0.3, 0.4) is 0 Å². The van der Waals surface area contributed by atoms with Gasteiger partial charge in [-0.05, 0) is 37.8 Å². The van der Waals surface area contributed by atoms with Crippen molar-refractivity contribution in [2.75, 3.05) is 6.54 Å². The van der Waals surface area contributed by atoms with Gasteiger partial charge in [0.2, 0.25) is 10.0 Å². The molecule has 1 aromatic heterocycles. The zero-order valence-corrected chi connectivity index (χ0v) is 14.6. The monoisotopic (exact) mass is 330 g/mol. The summed E-state index contributed by atoms with van der Waals surface area (Å²) in [6, 6.07) is 2.44. The Kier molecular flexibility index (Phi) is 6.22. The summed E-state index contributed by atoms with van der Waals surface area (Å²) in [6.07, 6.45) is 6.81. The van der Waals surface area contributed by atoms with Gasteiger partial charge in [0, 0.05) is 24.0 Å². The molecule has 21 heavy (non-hydrogen) atoms.